The minimum Gasteiger partial charge on any atom is -0.507 e. The molecule has 0 aliphatic rings. The van der Waals surface area contributed by atoms with E-state index >= 15 is 0 Å². The van der Waals surface area contributed by atoms with Crippen LogP contribution in [0.3, 0.4) is 0 Å². The van der Waals surface area contributed by atoms with Crippen LogP contribution < -0.4 is 5.73 Å². The maximum Gasteiger partial charge on any atom is 0.273 e. The van der Waals surface area contributed by atoms with E-state index in [-0.39, 0.29) is 28.6 Å². The molecule has 4 N–H and O–H groups in total. The first-order valence-electron chi connectivity index (χ1n) is 6.86. The van der Waals surface area contributed by atoms with E-state index in [1.165, 1.54) is 18.2 Å². The minimum atomic E-state index is -0.620. The fraction of sp³-hybridized carbons (Fsp3) is 0. The second-order valence-electron chi connectivity index (χ2n) is 5.00. The Morgan fingerprint density at radius 2 is 1.67 bits per heavy atom. The topological polar surface area (TPSA) is 134 Å². The molecule has 0 saturated carbocycles. The van der Waals surface area contributed by atoms with Crippen molar-refractivity contribution in [3.63, 3.8) is 0 Å². The van der Waals surface area contributed by atoms with Crippen LogP contribution in [0.4, 0.5) is 22.7 Å². The molecule has 120 valence electrons. The fourth-order valence-corrected chi connectivity index (χ4v) is 2.28. The Bertz CT molecular complexity index is 985. The number of nitrogens with zero attached hydrogens (tertiary/aromatic N) is 3. The van der Waals surface area contributed by atoms with Gasteiger partial charge in [0.15, 0.2) is 0 Å². The first kappa shape index (κ1) is 15.2. The largest absolute Gasteiger partial charge is 0.507 e. The van der Waals surface area contributed by atoms with Gasteiger partial charge in [0.1, 0.15) is 22.9 Å². The van der Waals surface area contributed by atoms with Crippen LogP contribution in [0, 0.1) is 10.1 Å². The van der Waals surface area contributed by atoms with Crippen molar-refractivity contribution < 1.29 is 15.1 Å². The number of nitro benzene ring substituents is 1. The molecule has 0 heterocycles. The zero-order chi connectivity index (χ0) is 17.3. The Morgan fingerprint density at radius 3 is 2.38 bits per heavy atom. The maximum absolute atomic E-state index is 10.6. The molecule has 0 unspecified atom stereocenters. The second kappa shape index (κ2) is 5.84. The van der Waals surface area contributed by atoms with Gasteiger partial charge in [0.05, 0.1) is 16.7 Å². The lowest BCUT2D eigenvalue weighted by molar-refractivity contribution is -0.384. The number of phenols is 2. The Hall–Kier alpha value is -3.68. The summed E-state index contributed by atoms with van der Waals surface area (Å²) >= 11 is 0. The van der Waals surface area contributed by atoms with Gasteiger partial charge < -0.3 is 15.9 Å². The van der Waals surface area contributed by atoms with Crippen LogP contribution in [0.2, 0.25) is 0 Å². The van der Waals surface area contributed by atoms with Crippen LogP contribution in [0.1, 0.15) is 0 Å². The molecule has 8 heteroatoms. The van der Waals surface area contributed by atoms with Gasteiger partial charge in [0, 0.05) is 11.5 Å². The van der Waals surface area contributed by atoms with E-state index in [0.717, 1.165) is 11.5 Å². The molecule has 3 rings (SSSR count). The third-order valence-electron chi connectivity index (χ3n) is 3.48. The zero-order valence-corrected chi connectivity index (χ0v) is 12.2. The summed E-state index contributed by atoms with van der Waals surface area (Å²) in [5, 5.41) is 39.4. The Morgan fingerprint density at radius 1 is 0.958 bits per heavy atom. The van der Waals surface area contributed by atoms with E-state index in [4.69, 9.17) is 5.73 Å². The lowest BCUT2D eigenvalue weighted by atomic mass is 10.1. The minimum absolute atomic E-state index is 0.0280. The van der Waals surface area contributed by atoms with Gasteiger partial charge in [-0.25, -0.2) is 0 Å². The standard InChI is InChI=1S/C16H12N4O4/c17-16-12(6-4-9-2-1-3-13(21)15(9)16)19-18-11-7-5-10(20(23)24)8-14(11)22/h1-8,21-22H,17H2. The highest BCUT2D eigenvalue weighted by atomic mass is 16.6. The first-order chi connectivity index (χ1) is 11.5. The number of anilines is 1. The van der Waals surface area contributed by atoms with Gasteiger partial charge in [-0.05, 0) is 23.6 Å². The molecule has 0 bridgehead atoms. The number of nitrogens with two attached hydrogens (primary N) is 1. The fourth-order valence-electron chi connectivity index (χ4n) is 2.28. The van der Waals surface area contributed by atoms with Crippen molar-refractivity contribution in [2.45, 2.75) is 0 Å². The molecule has 0 saturated heterocycles. The third-order valence-corrected chi connectivity index (χ3v) is 3.48. The Kier molecular flexibility index (Phi) is 3.70. The van der Waals surface area contributed by atoms with Crippen LogP contribution in [-0.2, 0) is 0 Å². The molecule has 0 spiro atoms. The molecular weight excluding hydrogens is 312 g/mol. The van der Waals surface area contributed by atoms with Gasteiger partial charge in [-0.2, -0.15) is 0 Å². The molecule has 0 amide bonds. The SMILES string of the molecule is Nc1c(N=Nc2ccc([N+](=O)[O-])cc2O)ccc2cccc(O)c12. The average Bonchev–Trinajstić information content (AvgIpc) is 2.55. The number of nitrogen functional groups attached to an aromatic ring is 1. The molecule has 24 heavy (non-hydrogen) atoms. The number of phenolic OH excluding ortho intramolecular Hbond substituents is 2. The third kappa shape index (κ3) is 2.68. The van der Waals surface area contributed by atoms with Gasteiger partial charge in [-0.15, -0.1) is 10.2 Å². The summed E-state index contributed by atoms with van der Waals surface area (Å²) in [6.07, 6.45) is 0. The van der Waals surface area contributed by atoms with E-state index in [1.54, 1.807) is 24.3 Å². The van der Waals surface area contributed by atoms with Gasteiger partial charge >= 0.3 is 0 Å². The summed E-state index contributed by atoms with van der Waals surface area (Å²) in [7, 11) is 0. The van der Waals surface area contributed by atoms with Crippen molar-refractivity contribution >= 4 is 33.5 Å². The van der Waals surface area contributed by atoms with Crippen LogP contribution in [0.15, 0.2) is 58.8 Å². The highest BCUT2D eigenvalue weighted by Crippen LogP contribution is 2.38. The molecule has 0 atom stereocenters. The van der Waals surface area contributed by atoms with E-state index < -0.39 is 4.92 Å². The molecule has 0 radical (unpaired) electrons. The number of fused-ring (bicyclic) bond motifs is 1. The van der Waals surface area contributed by atoms with Crippen LogP contribution in [-0.4, -0.2) is 15.1 Å². The van der Waals surface area contributed by atoms with Crippen molar-refractivity contribution in [3.8, 4) is 11.5 Å². The number of aromatic hydroxyl groups is 2. The quantitative estimate of drug-likeness (QED) is 0.288. The molecule has 0 fully saturated rings. The monoisotopic (exact) mass is 324 g/mol. The summed E-state index contributed by atoms with van der Waals surface area (Å²) in [6.45, 7) is 0. The summed E-state index contributed by atoms with van der Waals surface area (Å²) < 4.78 is 0. The Balaban J connectivity index is 2.01. The van der Waals surface area contributed by atoms with E-state index in [9.17, 15) is 20.3 Å². The number of hydrogen-bond donors (Lipinski definition) is 3. The number of hydrogen-bond acceptors (Lipinski definition) is 7. The highest BCUT2D eigenvalue weighted by Gasteiger charge is 2.11. The predicted octanol–water partition coefficient (Wildman–Crippen LogP) is 4.16. The van der Waals surface area contributed by atoms with Gasteiger partial charge in [-0.1, -0.05) is 18.2 Å². The summed E-state index contributed by atoms with van der Waals surface area (Å²) in [5.74, 6) is -0.338. The second-order valence-corrected chi connectivity index (χ2v) is 5.00. The summed E-state index contributed by atoms with van der Waals surface area (Å²) in [5.41, 5.74) is 6.39. The summed E-state index contributed by atoms with van der Waals surface area (Å²) in [6, 6.07) is 11.9. The lowest BCUT2D eigenvalue weighted by Crippen LogP contribution is -1.88. The first-order valence-corrected chi connectivity index (χ1v) is 6.86. The van der Waals surface area contributed by atoms with Gasteiger partial charge in [-0.3, -0.25) is 10.1 Å². The smallest absolute Gasteiger partial charge is 0.273 e. The van der Waals surface area contributed by atoms with Crippen molar-refractivity contribution in [1.29, 1.82) is 0 Å². The molecule has 0 aliphatic carbocycles. The molecule has 3 aromatic carbocycles. The number of non-ortho nitro benzene ring substituents is 1. The summed E-state index contributed by atoms with van der Waals surface area (Å²) in [4.78, 5) is 10.0. The molecular formula is C16H12N4O4. The van der Waals surface area contributed by atoms with E-state index in [2.05, 4.69) is 10.2 Å². The molecule has 3 aromatic rings. The van der Waals surface area contributed by atoms with Crippen LogP contribution in [0.5, 0.6) is 11.5 Å². The van der Waals surface area contributed by atoms with Crippen molar-refractivity contribution in [3.05, 3.63) is 58.6 Å². The van der Waals surface area contributed by atoms with Crippen LogP contribution in [0.25, 0.3) is 10.8 Å². The van der Waals surface area contributed by atoms with Crippen molar-refractivity contribution in [2.75, 3.05) is 5.73 Å². The average molecular weight is 324 g/mol. The zero-order valence-electron chi connectivity index (χ0n) is 12.2. The number of nitro groups is 1. The van der Waals surface area contributed by atoms with E-state index in [1.807, 2.05) is 0 Å². The highest BCUT2D eigenvalue weighted by molar-refractivity contribution is 6.02. The van der Waals surface area contributed by atoms with Gasteiger partial charge in [0.25, 0.3) is 5.69 Å². The van der Waals surface area contributed by atoms with Crippen LogP contribution >= 0.6 is 0 Å². The normalized spacial score (nSPS) is 11.2. The van der Waals surface area contributed by atoms with Crippen molar-refractivity contribution in [2.24, 2.45) is 10.2 Å². The molecule has 0 aliphatic heterocycles. The number of rotatable bonds is 3. The van der Waals surface area contributed by atoms with E-state index in [0.29, 0.717) is 11.1 Å². The number of azo groups is 1. The maximum atomic E-state index is 10.6. The van der Waals surface area contributed by atoms with Gasteiger partial charge in [0.2, 0.25) is 0 Å². The predicted molar refractivity (Wildman–Crippen MR) is 89.0 cm³/mol. The molecule has 8 nitrogen and oxygen atoms in total. The van der Waals surface area contributed by atoms with Crippen molar-refractivity contribution in [1.82, 2.24) is 0 Å². The molecule has 0 aromatic heterocycles. The Labute approximate surface area is 135 Å². The lowest BCUT2D eigenvalue weighted by Gasteiger charge is -2.06. The number of benzene rings is 3.